The van der Waals surface area contributed by atoms with E-state index in [4.69, 9.17) is 28.9 Å². The van der Waals surface area contributed by atoms with Crippen LogP contribution >= 0.6 is 23.2 Å². The Hall–Kier alpha value is -2.96. The monoisotopic (exact) mass is 399 g/mol. The van der Waals surface area contributed by atoms with E-state index in [9.17, 15) is 5.11 Å². The molecule has 0 saturated heterocycles. The van der Waals surface area contributed by atoms with E-state index < -0.39 is 0 Å². The number of benzene rings is 3. The molecule has 6 nitrogen and oxygen atoms in total. The fourth-order valence-electron chi connectivity index (χ4n) is 2.15. The second-order valence-corrected chi connectivity index (χ2v) is 6.55. The third-order valence-corrected chi connectivity index (χ3v) is 4.22. The molecule has 8 heteroatoms. The Morgan fingerprint density at radius 2 is 1.33 bits per heavy atom. The van der Waals surface area contributed by atoms with Gasteiger partial charge in [-0.1, -0.05) is 29.3 Å². The average molecular weight is 400 g/mol. The second kappa shape index (κ2) is 8.16. The molecule has 0 aromatic heterocycles. The molecule has 0 aliphatic heterocycles. The molecule has 0 unspecified atom stereocenters. The summed E-state index contributed by atoms with van der Waals surface area (Å²) < 4.78 is 0. The molecule has 0 aliphatic rings. The number of nitrogens with two attached hydrogens (primary N) is 1. The highest BCUT2D eigenvalue weighted by molar-refractivity contribution is 6.36. The molecule has 0 atom stereocenters. The molecule has 0 spiro atoms. The quantitative estimate of drug-likeness (QED) is 0.352. The van der Waals surface area contributed by atoms with Crippen molar-refractivity contribution in [2.75, 3.05) is 5.73 Å². The smallest absolute Gasteiger partial charge is 0.143 e. The Balaban J connectivity index is 1.75. The maximum atomic E-state index is 9.79. The normalized spacial score (nSPS) is 11.5. The van der Waals surface area contributed by atoms with Gasteiger partial charge in [-0.2, -0.15) is 10.2 Å². The highest BCUT2D eigenvalue weighted by Crippen LogP contribution is 2.34. The highest BCUT2D eigenvalue weighted by atomic mass is 35.5. The number of azo groups is 2. The minimum atomic E-state index is 0.0776. The lowest BCUT2D eigenvalue weighted by Crippen LogP contribution is -1.85. The lowest BCUT2D eigenvalue weighted by atomic mass is 10.2. The molecule has 27 heavy (non-hydrogen) atoms. The molecule has 3 rings (SSSR count). The van der Waals surface area contributed by atoms with Gasteiger partial charge >= 0.3 is 0 Å². The van der Waals surface area contributed by atoms with Gasteiger partial charge < -0.3 is 10.8 Å². The summed E-state index contributed by atoms with van der Waals surface area (Å²) in [5, 5.41) is 26.9. The molecule has 0 fully saturated rings. The van der Waals surface area contributed by atoms with Crippen molar-refractivity contribution >= 4 is 51.6 Å². The Morgan fingerprint density at radius 1 is 0.741 bits per heavy atom. The van der Waals surface area contributed by atoms with E-state index in [1.807, 2.05) is 6.92 Å². The number of nitrogens with zero attached hydrogens (tertiary/aromatic N) is 4. The fraction of sp³-hybridized carbons (Fsp3) is 0.0526. The van der Waals surface area contributed by atoms with Crippen LogP contribution in [0.2, 0.25) is 10.0 Å². The molecule has 136 valence electrons. The van der Waals surface area contributed by atoms with E-state index in [-0.39, 0.29) is 5.75 Å². The first-order valence-electron chi connectivity index (χ1n) is 7.90. The second-order valence-electron chi connectivity index (χ2n) is 5.73. The van der Waals surface area contributed by atoms with Gasteiger partial charge in [-0.3, -0.25) is 0 Å². The fourth-order valence-corrected chi connectivity index (χ4v) is 2.52. The number of phenols is 1. The summed E-state index contributed by atoms with van der Waals surface area (Å²) in [6, 6.07) is 15.2. The van der Waals surface area contributed by atoms with Crippen molar-refractivity contribution in [3.05, 3.63) is 70.2 Å². The Morgan fingerprint density at radius 3 is 1.96 bits per heavy atom. The first kappa shape index (κ1) is 18.8. The van der Waals surface area contributed by atoms with Crippen LogP contribution < -0.4 is 5.73 Å². The summed E-state index contributed by atoms with van der Waals surface area (Å²) in [5.74, 6) is 0.0776. The summed E-state index contributed by atoms with van der Waals surface area (Å²) in [4.78, 5) is 0. The van der Waals surface area contributed by atoms with Crippen LogP contribution in [0.15, 0.2) is 75.1 Å². The van der Waals surface area contributed by atoms with Crippen molar-refractivity contribution in [2.24, 2.45) is 20.5 Å². The van der Waals surface area contributed by atoms with Crippen LogP contribution in [0.25, 0.3) is 0 Å². The van der Waals surface area contributed by atoms with E-state index >= 15 is 0 Å². The Bertz CT molecular complexity index is 1030. The largest absolute Gasteiger partial charge is 0.506 e. The number of hydrogen-bond acceptors (Lipinski definition) is 6. The van der Waals surface area contributed by atoms with Crippen molar-refractivity contribution < 1.29 is 5.11 Å². The summed E-state index contributed by atoms with van der Waals surface area (Å²) >= 11 is 12.0. The van der Waals surface area contributed by atoms with Crippen LogP contribution in [-0.4, -0.2) is 5.11 Å². The van der Waals surface area contributed by atoms with Gasteiger partial charge in [-0.15, -0.1) is 10.2 Å². The number of nitrogen functional groups attached to an aromatic ring is 1. The van der Waals surface area contributed by atoms with Crippen molar-refractivity contribution in [1.82, 2.24) is 0 Å². The Kier molecular flexibility index (Phi) is 5.69. The standard InChI is InChI=1S/C19H15Cl2N5O/c1-11-2-7-19(27)18(8-11)26-24-13-5-3-12(4-6-13)23-25-17-10-14(20)16(22)9-15(17)21/h2-10,27H,22H2,1H3/b25-23?,26-24+. The third-order valence-electron chi connectivity index (χ3n) is 3.59. The molecule has 0 amide bonds. The zero-order valence-corrected chi connectivity index (χ0v) is 15.8. The van der Waals surface area contributed by atoms with Crippen LogP contribution in [0.3, 0.4) is 0 Å². The van der Waals surface area contributed by atoms with Crippen molar-refractivity contribution in [3.63, 3.8) is 0 Å². The molecule has 3 aromatic rings. The third kappa shape index (κ3) is 4.81. The summed E-state index contributed by atoms with van der Waals surface area (Å²) in [6.07, 6.45) is 0. The van der Waals surface area contributed by atoms with E-state index in [0.717, 1.165) is 5.56 Å². The minimum absolute atomic E-state index is 0.0776. The van der Waals surface area contributed by atoms with E-state index in [1.165, 1.54) is 6.07 Å². The van der Waals surface area contributed by atoms with Crippen LogP contribution in [0.4, 0.5) is 28.4 Å². The van der Waals surface area contributed by atoms with E-state index in [2.05, 4.69) is 20.5 Å². The van der Waals surface area contributed by atoms with Crippen molar-refractivity contribution in [2.45, 2.75) is 6.92 Å². The van der Waals surface area contributed by atoms with Crippen molar-refractivity contribution in [3.8, 4) is 5.75 Å². The van der Waals surface area contributed by atoms with Gasteiger partial charge in [0.2, 0.25) is 0 Å². The number of phenolic OH excluding ortho intramolecular Hbond substituents is 1. The molecule has 0 radical (unpaired) electrons. The summed E-state index contributed by atoms with van der Waals surface area (Å²) in [5.41, 5.74) is 9.11. The molecular weight excluding hydrogens is 385 g/mol. The van der Waals surface area contributed by atoms with Crippen molar-refractivity contribution in [1.29, 1.82) is 0 Å². The SMILES string of the molecule is Cc1ccc(O)c(/N=N/c2ccc(N=Nc3cc(Cl)c(N)cc3Cl)cc2)c1. The molecular formula is C19H15Cl2N5O. The van der Waals surface area contributed by atoms with Crippen LogP contribution in [0.5, 0.6) is 5.75 Å². The predicted octanol–water partition coefficient (Wildman–Crippen LogP) is 7.42. The molecule has 3 N–H and O–H groups in total. The van der Waals surface area contributed by atoms with E-state index in [1.54, 1.807) is 48.5 Å². The van der Waals surface area contributed by atoms with Gasteiger partial charge in [0.05, 0.1) is 27.1 Å². The summed E-state index contributed by atoms with van der Waals surface area (Å²) in [7, 11) is 0. The number of halogens is 2. The van der Waals surface area contributed by atoms with Crippen LogP contribution in [0, 0.1) is 6.92 Å². The summed E-state index contributed by atoms with van der Waals surface area (Å²) in [6.45, 7) is 1.92. The molecule has 3 aromatic carbocycles. The minimum Gasteiger partial charge on any atom is -0.506 e. The lowest BCUT2D eigenvalue weighted by molar-refractivity contribution is 0.476. The maximum absolute atomic E-state index is 9.79. The number of aromatic hydroxyl groups is 1. The van der Waals surface area contributed by atoms with Gasteiger partial charge in [0, 0.05) is 0 Å². The Labute approximate surface area is 166 Å². The van der Waals surface area contributed by atoms with Gasteiger partial charge in [0.15, 0.2) is 0 Å². The molecule has 0 bridgehead atoms. The highest BCUT2D eigenvalue weighted by Gasteiger charge is 2.04. The zero-order valence-electron chi connectivity index (χ0n) is 14.3. The van der Waals surface area contributed by atoms with E-state index in [0.29, 0.717) is 38.5 Å². The first-order valence-corrected chi connectivity index (χ1v) is 8.65. The first-order chi connectivity index (χ1) is 12.9. The van der Waals surface area contributed by atoms with Crippen LogP contribution in [0.1, 0.15) is 5.56 Å². The van der Waals surface area contributed by atoms with Gasteiger partial charge in [0.25, 0.3) is 0 Å². The predicted molar refractivity (Wildman–Crippen MR) is 109 cm³/mol. The van der Waals surface area contributed by atoms with Crippen LogP contribution in [-0.2, 0) is 0 Å². The average Bonchev–Trinajstić information content (AvgIpc) is 2.65. The lowest BCUT2D eigenvalue weighted by Gasteiger charge is -2.01. The number of hydrogen-bond donors (Lipinski definition) is 2. The van der Waals surface area contributed by atoms with Gasteiger partial charge in [-0.05, 0) is 61.0 Å². The molecule has 0 aliphatic carbocycles. The molecule has 0 heterocycles. The zero-order chi connectivity index (χ0) is 19.4. The maximum Gasteiger partial charge on any atom is 0.143 e. The number of rotatable bonds is 4. The number of anilines is 1. The van der Waals surface area contributed by atoms with Gasteiger partial charge in [0.1, 0.15) is 17.1 Å². The molecule has 0 saturated carbocycles. The van der Waals surface area contributed by atoms with Gasteiger partial charge in [-0.25, -0.2) is 0 Å². The topological polar surface area (TPSA) is 95.7 Å². The number of aryl methyl sites for hydroxylation is 1.